The predicted molar refractivity (Wildman–Crippen MR) is 49.5 cm³/mol. The summed E-state index contributed by atoms with van der Waals surface area (Å²) in [5.41, 5.74) is 0. The highest BCUT2D eigenvalue weighted by atomic mass is 19.4. The van der Waals surface area contributed by atoms with Crippen LogP contribution < -0.4 is 9.47 Å². The van der Waals surface area contributed by atoms with Gasteiger partial charge < -0.3 is 9.47 Å². The van der Waals surface area contributed by atoms with Crippen molar-refractivity contribution < 1.29 is 40.2 Å². The van der Waals surface area contributed by atoms with Gasteiger partial charge in [-0.2, -0.15) is 26.3 Å². The van der Waals surface area contributed by atoms with E-state index >= 15 is 0 Å². The molecule has 2 nitrogen and oxygen atoms in total. The van der Waals surface area contributed by atoms with Crippen LogP contribution in [0.25, 0.3) is 0 Å². The summed E-state index contributed by atoms with van der Waals surface area (Å²) in [6, 6.07) is 2.14. The summed E-state index contributed by atoms with van der Waals surface area (Å²) < 4.78 is 92.4. The lowest BCUT2D eigenvalue weighted by molar-refractivity contribution is -0.154. The molecular weight excluding hydrogens is 285 g/mol. The average molecular weight is 292 g/mol. The minimum absolute atomic E-state index is 0.464. The first-order chi connectivity index (χ1) is 8.57. The van der Waals surface area contributed by atoms with E-state index in [2.05, 4.69) is 9.47 Å². The lowest BCUT2D eigenvalue weighted by Crippen LogP contribution is -2.20. The van der Waals surface area contributed by atoms with Gasteiger partial charge in [0, 0.05) is 6.07 Å². The van der Waals surface area contributed by atoms with Gasteiger partial charge in [-0.1, -0.05) is 0 Å². The molecule has 0 atom stereocenters. The minimum Gasteiger partial charge on any atom is -0.484 e. The lowest BCUT2D eigenvalue weighted by Gasteiger charge is -2.12. The molecule has 0 aliphatic rings. The normalized spacial score (nSPS) is 12.4. The first-order valence-corrected chi connectivity index (χ1v) is 4.75. The molecule has 0 heterocycles. The van der Waals surface area contributed by atoms with E-state index in [1.165, 1.54) is 0 Å². The molecule has 0 fully saturated rings. The van der Waals surface area contributed by atoms with Crippen molar-refractivity contribution in [2.24, 2.45) is 0 Å². The van der Waals surface area contributed by atoms with Crippen LogP contribution in [-0.2, 0) is 0 Å². The number of benzene rings is 1. The molecule has 0 spiro atoms. The zero-order valence-corrected chi connectivity index (χ0v) is 9.11. The molecule has 0 aliphatic heterocycles. The fourth-order valence-corrected chi connectivity index (χ4v) is 1.01. The maximum Gasteiger partial charge on any atom is 0.422 e. The maximum absolute atomic E-state index is 13.2. The fourth-order valence-electron chi connectivity index (χ4n) is 1.01. The highest BCUT2D eigenvalue weighted by Gasteiger charge is 2.30. The summed E-state index contributed by atoms with van der Waals surface area (Å²) >= 11 is 0. The quantitative estimate of drug-likeness (QED) is 0.788. The van der Waals surface area contributed by atoms with E-state index < -0.39 is 42.9 Å². The molecule has 1 aromatic rings. The molecule has 0 N–H and O–H groups in total. The van der Waals surface area contributed by atoms with E-state index in [9.17, 15) is 30.7 Å². The number of hydrogen-bond acceptors (Lipinski definition) is 2. The first kappa shape index (κ1) is 15.4. The molecule has 9 heteroatoms. The molecule has 0 amide bonds. The van der Waals surface area contributed by atoms with Crippen molar-refractivity contribution in [3.63, 3.8) is 0 Å². The van der Waals surface area contributed by atoms with Gasteiger partial charge in [0.05, 0.1) is 0 Å². The Kier molecular flexibility index (Phi) is 4.48. The number of hydrogen-bond donors (Lipinski definition) is 0. The minimum atomic E-state index is -4.64. The van der Waals surface area contributed by atoms with Crippen molar-refractivity contribution in [1.29, 1.82) is 0 Å². The first-order valence-electron chi connectivity index (χ1n) is 4.75. The van der Waals surface area contributed by atoms with Crippen LogP contribution in [0, 0.1) is 5.82 Å². The molecule has 0 bridgehead atoms. The molecule has 0 aliphatic carbocycles. The van der Waals surface area contributed by atoms with Crippen molar-refractivity contribution in [1.82, 2.24) is 0 Å². The van der Waals surface area contributed by atoms with Gasteiger partial charge in [-0.05, 0) is 12.1 Å². The topological polar surface area (TPSA) is 18.5 Å². The van der Waals surface area contributed by atoms with Crippen LogP contribution in [0.4, 0.5) is 30.7 Å². The molecule has 1 rings (SSSR count). The van der Waals surface area contributed by atoms with Crippen LogP contribution in [0.5, 0.6) is 11.5 Å². The van der Waals surface area contributed by atoms with Crippen LogP contribution >= 0.6 is 0 Å². The SMILES string of the molecule is Fc1cc(OCC(F)(F)F)ccc1OCC(F)(F)F. The second-order valence-corrected chi connectivity index (χ2v) is 3.40. The molecule has 1 aromatic carbocycles. The third kappa shape index (κ3) is 6.16. The summed E-state index contributed by atoms with van der Waals surface area (Å²) in [5, 5.41) is 0. The van der Waals surface area contributed by atoms with Crippen LogP contribution in [0.1, 0.15) is 0 Å². The second kappa shape index (κ2) is 5.54. The zero-order chi connectivity index (χ0) is 14.7. The van der Waals surface area contributed by atoms with Gasteiger partial charge in [-0.3, -0.25) is 0 Å². The molecule has 0 saturated carbocycles. The van der Waals surface area contributed by atoms with E-state index in [0.29, 0.717) is 6.07 Å². The average Bonchev–Trinajstić information content (AvgIpc) is 2.22. The monoisotopic (exact) mass is 292 g/mol. The summed E-state index contributed by atoms with van der Waals surface area (Å²) in [4.78, 5) is 0. The van der Waals surface area contributed by atoms with Crippen molar-refractivity contribution in [3.05, 3.63) is 24.0 Å². The Balaban J connectivity index is 2.64. The van der Waals surface area contributed by atoms with E-state index in [1.54, 1.807) is 0 Å². The Morgan fingerprint density at radius 3 is 1.84 bits per heavy atom. The van der Waals surface area contributed by atoms with Crippen LogP contribution in [0.2, 0.25) is 0 Å². The third-order valence-corrected chi connectivity index (χ3v) is 1.70. The summed E-state index contributed by atoms with van der Waals surface area (Å²) in [7, 11) is 0. The summed E-state index contributed by atoms with van der Waals surface area (Å²) in [6.45, 7) is -3.33. The number of rotatable bonds is 4. The Morgan fingerprint density at radius 1 is 0.842 bits per heavy atom. The van der Waals surface area contributed by atoms with Crippen molar-refractivity contribution in [3.8, 4) is 11.5 Å². The summed E-state index contributed by atoms with van der Waals surface area (Å²) in [5.74, 6) is -2.44. The van der Waals surface area contributed by atoms with Gasteiger partial charge in [-0.15, -0.1) is 0 Å². The largest absolute Gasteiger partial charge is 0.484 e. The van der Waals surface area contributed by atoms with E-state index in [-0.39, 0.29) is 0 Å². The predicted octanol–water partition coefficient (Wildman–Crippen LogP) is 3.71. The number of alkyl halides is 6. The molecule has 0 unspecified atom stereocenters. The smallest absolute Gasteiger partial charge is 0.422 e. The van der Waals surface area contributed by atoms with Crippen LogP contribution in [0.15, 0.2) is 18.2 Å². The highest BCUT2D eigenvalue weighted by molar-refractivity contribution is 5.33. The third-order valence-electron chi connectivity index (χ3n) is 1.70. The Hall–Kier alpha value is -1.67. The highest BCUT2D eigenvalue weighted by Crippen LogP contribution is 2.26. The van der Waals surface area contributed by atoms with Gasteiger partial charge in [0.1, 0.15) is 5.75 Å². The van der Waals surface area contributed by atoms with Crippen LogP contribution in [0.3, 0.4) is 0 Å². The number of ether oxygens (including phenoxy) is 2. The Labute approximate surface area is 102 Å². The van der Waals surface area contributed by atoms with Gasteiger partial charge in [0.25, 0.3) is 0 Å². The van der Waals surface area contributed by atoms with Gasteiger partial charge in [0.15, 0.2) is 24.8 Å². The lowest BCUT2D eigenvalue weighted by atomic mass is 10.3. The molecule has 0 radical (unpaired) electrons. The van der Waals surface area contributed by atoms with Crippen molar-refractivity contribution in [2.75, 3.05) is 13.2 Å². The number of halogens is 7. The second-order valence-electron chi connectivity index (χ2n) is 3.40. The maximum atomic E-state index is 13.2. The summed E-state index contributed by atoms with van der Waals surface area (Å²) in [6.07, 6.45) is -9.24. The Bertz CT molecular complexity index is 425. The zero-order valence-electron chi connectivity index (χ0n) is 9.11. The fraction of sp³-hybridized carbons (Fsp3) is 0.400. The van der Waals surface area contributed by atoms with Crippen molar-refractivity contribution >= 4 is 0 Å². The molecule has 0 saturated heterocycles. The van der Waals surface area contributed by atoms with Gasteiger partial charge in [-0.25, -0.2) is 4.39 Å². The Morgan fingerprint density at radius 2 is 1.37 bits per heavy atom. The standard InChI is InChI=1S/C10H7F7O2/c11-7-3-6(18-4-9(12,13)14)1-2-8(7)19-5-10(15,16)17/h1-3H,4-5H2. The van der Waals surface area contributed by atoms with Gasteiger partial charge >= 0.3 is 12.4 Å². The van der Waals surface area contributed by atoms with Gasteiger partial charge in [0.2, 0.25) is 0 Å². The molecular formula is C10H7F7O2. The molecule has 108 valence electrons. The molecule has 0 aromatic heterocycles. The van der Waals surface area contributed by atoms with E-state index in [4.69, 9.17) is 0 Å². The van der Waals surface area contributed by atoms with E-state index in [0.717, 1.165) is 12.1 Å². The van der Waals surface area contributed by atoms with Crippen molar-refractivity contribution in [2.45, 2.75) is 12.4 Å². The molecule has 19 heavy (non-hydrogen) atoms. The van der Waals surface area contributed by atoms with Crippen LogP contribution in [-0.4, -0.2) is 25.6 Å². The van der Waals surface area contributed by atoms with E-state index in [1.807, 2.05) is 0 Å².